The van der Waals surface area contributed by atoms with Crippen molar-refractivity contribution in [1.29, 1.82) is 0 Å². The average molecular weight is 404 g/mol. The molecule has 0 bridgehead atoms. The molecule has 1 N–H and O–H groups in total. The maximum Gasteiger partial charge on any atom is 0.124 e. The van der Waals surface area contributed by atoms with Gasteiger partial charge < -0.3 is 9.72 Å². The molecule has 4 nitrogen and oxygen atoms in total. The van der Waals surface area contributed by atoms with E-state index in [1.807, 2.05) is 24.4 Å². The van der Waals surface area contributed by atoms with Gasteiger partial charge in [-0.3, -0.25) is 9.88 Å². The fourth-order valence-electron chi connectivity index (χ4n) is 3.59. The largest absolute Gasteiger partial charge is 0.496 e. The van der Waals surface area contributed by atoms with Crippen LogP contribution in [0.25, 0.3) is 32.7 Å². The lowest BCUT2D eigenvalue weighted by molar-refractivity contribution is 0.289. The summed E-state index contributed by atoms with van der Waals surface area (Å²) < 4.78 is 5.69. The van der Waals surface area contributed by atoms with Crippen LogP contribution in [0, 0.1) is 0 Å². The number of methoxy groups -OCH3 is 1. The zero-order chi connectivity index (χ0) is 18.3. The summed E-state index contributed by atoms with van der Waals surface area (Å²) in [5.74, 6) is 0.918. The Balaban J connectivity index is 0.00000210. The first-order chi connectivity index (χ1) is 12.6. The lowest BCUT2D eigenvalue weighted by atomic mass is 10.1. The molecule has 0 saturated heterocycles. The molecular weight excluding hydrogens is 381 g/mol. The fraction of sp³-hybridized carbons (Fsp3) is 0.286. The number of H-pyrrole nitrogens is 1. The molecule has 0 aliphatic heterocycles. The summed E-state index contributed by atoms with van der Waals surface area (Å²) in [7, 11) is 1.73. The van der Waals surface area contributed by atoms with Crippen LogP contribution in [0.3, 0.4) is 0 Å². The molecule has 0 spiro atoms. The molecule has 2 aromatic carbocycles. The average Bonchev–Trinajstić information content (AvgIpc) is 3.02. The lowest BCUT2D eigenvalue weighted by Gasteiger charge is -2.19. The molecule has 4 rings (SSSR count). The van der Waals surface area contributed by atoms with E-state index in [2.05, 4.69) is 40.8 Å². The van der Waals surface area contributed by atoms with E-state index in [9.17, 15) is 0 Å². The molecular formula is C21H23Cl2N3O. The van der Waals surface area contributed by atoms with Gasteiger partial charge in [0.15, 0.2) is 0 Å². The molecule has 0 unspecified atom stereocenters. The Bertz CT molecular complexity index is 1100. The number of aromatic nitrogens is 2. The second-order valence-corrected chi connectivity index (χ2v) is 6.94. The maximum absolute atomic E-state index is 6.11. The number of nitrogens with one attached hydrogen (secondary N) is 1. The van der Waals surface area contributed by atoms with Gasteiger partial charge in [0.1, 0.15) is 5.75 Å². The quantitative estimate of drug-likeness (QED) is 0.457. The Labute approximate surface area is 169 Å². The highest BCUT2D eigenvalue weighted by Gasteiger charge is 2.14. The van der Waals surface area contributed by atoms with Gasteiger partial charge >= 0.3 is 0 Å². The van der Waals surface area contributed by atoms with Crippen LogP contribution < -0.4 is 4.74 Å². The molecule has 0 saturated carbocycles. The van der Waals surface area contributed by atoms with Crippen LogP contribution in [-0.2, 0) is 6.54 Å². The van der Waals surface area contributed by atoms with Crippen molar-refractivity contribution in [2.45, 2.75) is 20.4 Å². The van der Waals surface area contributed by atoms with Crippen molar-refractivity contribution in [1.82, 2.24) is 14.9 Å². The van der Waals surface area contributed by atoms with Gasteiger partial charge in [-0.05, 0) is 43.4 Å². The highest BCUT2D eigenvalue weighted by Crippen LogP contribution is 2.35. The molecule has 0 aliphatic carbocycles. The Hall–Kier alpha value is -2.01. The Morgan fingerprint density at radius 3 is 2.56 bits per heavy atom. The zero-order valence-electron chi connectivity index (χ0n) is 15.7. The molecule has 2 heterocycles. The summed E-state index contributed by atoms with van der Waals surface area (Å²) in [5.41, 5.74) is 4.28. The van der Waals surface area contributed by atoms with Gasteiger partial charge in [-0.2, -0.15) is 0 Å². The smallest absolute Gasteiger partial charge is 0.124 e. The first-order valence-corrected chi connectivity index (χ1v) is 9.31. The van der Waals surface area contributed by atoms with Crippen LogP contribution in [0.15, 0.2) is 36.5 Å². The van der Waals surface area contributed by atoms with Crippen LogP contribution in [-0.4, -0.2) is 35.1 Å². The number of aromatic amines is 1. The van der Waals surface area contributed by atoms with E-state index in [1.165, 1.54) is 5.56 Å². The van der Waals surface area contributed by atoms with E-state index in [0.29, 0.717) is 5.02 Å². The first-order valence-electron chi connectivity index (χ1n) is 8.93. The summed E-state index contributed by atoms with van der Waals surface area (Å²) in [4.78, 5) is 10.6. The third-order valence-corrected chi connectivity index (χ3v) is 5.33. The molecule has 6 heteroatoms. The Morgan fingerprint density at radius 1 is 1.07 bits per heavy atom. The molecule has 0 atom stereocenters. The number of ether oxygens (including phenoxy) is 1. The minimum absolute atomic E-state index is 0. The first kappa shape index (κ1) is 19.7. The van der Waals surface area contributed by atoms with Crippen molar-refractivity contribution in [2.24, 2.45) is 0 Å². The molecule has 142 valence electrons. The second kappa shape index (κ2) is 7.93. The molecule has 2 aromatic heterocycles. The van der Waals surface area contributed by atoms with E-state index in [0.717, 1.165) is 58.1 Å². The van der Waals surface area contributed by atoms with Crippen molar-refractivity contribution in [3.05, 3.63) is 47.1 Å². The Morgan fingerprint density at radius 2 is 1.85 bits per heavy atom. The number of pyridine rings is 1. The van der Waals surface area contributed by atoms with Crippen molar-refractivity contribution in [3.63, 3.8) is 0 Å². The van der Waals surface area contributed by atoms with E-state index >= 15 is 0 Å². The number of halogens is 2. The van der Waals surface area contributed by atoms with Gasteiger partial charge in [-0.25, -0.2) is 0 Å². The van der Waals surface area contributed by atoms with Crippen LogP contribution in [0.1, 0.15) is 19.4 Å². The molecule has 0 amide bonds. The number of fused-ring (bicyclic) bond motifs is 5. The van der Waals surface area contributed by atoms with Gasteiger partial charge in [-0.15, -0.1) is 12.4 Å². The van der Waals surface area contributed by atoms with E-state index in [-0.39, 0.29) is 12.4 Å². The normalized spacial score (nSPS) is 11.4. The van der Waals surface area contributed by atoms with Gasteiger partial charge in [0, 0.05) is 45.0 Å². The maximum atomic E-state index is 6.11. The van der Waals surface area contributed by atoms with Gasteiger partial charge in [-0.1, -0.05) is 25.4 Å². The molecule has 0 aliphatic rings. The molecule has 0 radical (unpaired) electrons. The predicted molar refractivity (Wildman–Crippen MR) is 117 cm³/mol. The standard InChI is InChI=1S/C21H22ClN3O.ClH/c1-4-25(5-2)12-13-8-19-16(10-20(13)26-3)17-11-23-18-9-14(22)6-7-15(18)21(17)24-19;/h6-11,24H,4-5,12H2,1-3H3;1H. The van der Waals surface area contributed by atoms with Gasteiger partial charge in [0.05, 0.1) is 18.1 Å². The number of hydrogen-bond donors (Lipinski definition) is 1. The summed E-state index contributed by atoms with van der Waals surface area (Å²) in [6.45, 7) is 7.26. The Kier molecular flexibility index (Phi) is 5.80. The predicted octanol–water partition coefficient (Wildman–Crippen LogP) is 5.79. The zero-order valence-corrected chi connectivity index (χ0v) is 17.2. The number of rotatable bonds is 5. The lowest BCUT2D eigenvalue weighted by Crippen LogP contribution is -2.22. The van der Waals surface area contributed by atoms with Crippen molar-refractivity contribution < 1.29 is 4.74 Å². The van der Waals surface area contributed by atoms with Crippen molar-refractivity contribution >= 4 is 56.7 Å². The van der Waals surface area contributed by atoms with Gasteiger partial charge in [0.2, 0.25) is 0 Å². The minimum Gasteiger partial charge on any atom is -0.496 e. The monoisotopic (exact) mass is 403 g/mol. The molecule has 27 heavy (non-hydrogen) atoms. The fourth-order valence-corrected chi connectivity index (χ4v) is 3.76. The summed E-state index contributed by atoms with van der Waals surface area (Å²) in [6, 6.07) is 10.2. The highest BCUT2D eigenvalue weighted by molar-refractivity contribution is 6.31. The van der Waals surface area contributed by atoms with Crippen LogP contribution >= 0.6 is 24.0 Å². The summed E-state index contributed by atoms with van der Waals surface area (Å²) in [5, 5.41) is 4.00. The molecule has 4 aromatic rings. The summed E-state index contributed by atoms with van der Waals surface area (Å²) in [6.07, 6.45) is 1.91. The van der Waals surface area contributed by atoms with Crippen LogP contribution in [0.2, 0.25) is 5.02 Å². The van der Waals surface area contributed by atoms with Crippen LogP contribution in [0.5, 0.6) is 5.75 Å². The number of benzene rings is 2. The molecule has 0 fully saturated rings. The van der Waals surface area contributed by atoms with E-state index < -0.39 is 0 Å². The van der Waals surface area contributed by atoms with Gasteiger partial charge in [0.25, 0.3) is 0 Å². The third kappa shape index (κ3) is 3.45. The topological polar surface area (TPSA) is 41.2 Å². The number of nitrogens with zero attached hydrogens (tertiary/aromatic N) is 2. The minimum atomic E-state index is 0. The highest BCUT2D eigenvalue weighted by atomic mass is 35.5. The van der Waals surface area contributed by atoms with E-state index in [1.54, 1.807) is 7.11 Å². The second-order valence-electron chi connectivity index (χ2n) is 6.50. The van der Waals surface area contributed by atoms with Crippen molar-refractivity contribution in [2.75, 3.05) is 20.2 Å². The van der Waals surface area contributed by atoms with Crippen molar-refractivity contribution in [3.8, 4) is 5.75 Å². The SMILES string of the molecule is CCN(CC)Cc1cc2[nH]c3c4ccc(Cl)cc4ncc3c2cc1OC.Cl. The number of hydrogen-bond acceptors (Lipinski definition) is 3. The third-order valence-electron chi connectivity index (χ3n) is 5.09. The summed E-state index contributed by atoms with van der Waals surface area (Å²) >= 11 is 6.11. The van der Waals surface area contributed by atoms with Crippen LogP contribution in [0.4, 0.5) is 0 Å². The van der Waals surface area contributed by atoms with E-state index in [4.69, 9.17) is 16.3 Å².